The second-order valence-electron chi connectivity index (χ2n) is 4.22. The van der Waals surface area contributed by atoms with Crippen molar-refractivity contribution in [3.8, 4) is 0 Å². The number of aryl methyl sites for hydroxylation is 1. The van der Waals surface area contributed by atoms with Crippen LogP contribution in [0.25, 0.3) is 0 Å². The maximum absolute atomic E-state index is 12.1. The molecule has 1 amide bonds. The van der Waals surface area contributed by atoms with Gasteiger partial charge in [-0.1, -0.05) is 0 Å². The summed E-state index contributed by atoms with van der Waals surface area (Å²) in [4.78, 5) is 23.1. The zero-order valence-corrected chi connectivity index (χ0v) is 10.9. The molecule has 106 valence electrons. The van der Waals surface area contributed by atoms with Gasteiger partial charge in [0.2, 0.25) is 5.91 Å². The van der Waals surface area contributed by atoms with Gasteiger partial charge in [0.15, 0.2) is 5.69 Å². The van der Waals surface area contributed by atoms with E-state index in [0.29, 0.717) is 5.82 Å². The lowest BCUT2D eigenvalue weighted by atomic mass is 10.3. The van der Waals surface area contributed by atoms with E-state index >= 15 is 0 Å². The van der Waals surface area contributed by atoms with Gasteiger partial charge in [-0.2, -0.15) is 10.2 Å². The Kier molecular flexibility index (Phi) is 3.42. The minimum atomic E-state index is -1.17. The Morgan fingerprint density at radius 1 is 1.50 bits per heavy atom. The molecule has 2 heterocycles. The number of hydrogen-bond acceptors (Lipinski definition) is 5. The lowest BCUT2D eigenvalue weighted by Crippen LogP contribution is -2.25. The third-order valence-electron chi connectivity index (χ3n) is 2.80. The molecule has 2 aromatic rings. The maximum Gasteiger partial charge on any atom is 0.356 e. The van der Waals surface area contributed by atoms with E-state index in [0.717, 1.165) is 0 Å². The molecule has 20 heavy (non-hydrogen) atoms. The summed E-state index contributed by atoms with van der Waals surface area (Å²) in [6, 6.07) is 0.936. The number of carbonyl (C=O) groups excluding carboxylic acids is 1. The molecule has 0 aromatic carbocycles. The number of nitrogens with two attached hydrogens (primary N) is 1. The van der Waals surface area contributed by atoms with Gasteiger partial charge >= 0.3 is 5.97 Å². The van der Waals surface area contributed by atoms with E-state index in [4.69, 9.17) is 10.8 Å². The number of aromatic nitrogens is 4. The molecular formula is C11H14N6O3. The molecule has 0 saturated carbocycles. The number of amides is 1. The molecule has 0 spiro atoms. The smallest absolute Gasteiger partial charge is 0.356 e. The lowest BCUT2D eigenvalue weighted by molar-refractivity contribution is -0.119. The third kappa shape index (κ3) is 2.46. The summed E-state index contributed by atoms with van der Waals surface area (Å²) in [6.07, 6.45) is 2.85. The predicted molar refractivity (Wildman–Crippen MR) is 70.1 cm³/mol. The van der Waals surface area contributed by atoms with E-state index in [2.05, 4.69) is 15.5 Å². The zero-order valence-electron chi connectivity index (χ0n) is 10.9. The van der Waals surface area contributed by atoms with Gasteiger partial charge in [-0.3, -0.25) is 14.2 Å². The lowest BCUT2D eigenvalue weighted by Gasteiger charge is -2.12. The van der Waals surface area contributed by atoms with E-state index in [1.807, 2.05) is 0 Å². The van der Waals surface area contributed by atoms with Crippen LogP contribution in [-0.4, -0.2) is 36.5 Å². The standard InChI is InChI=1S/C11H14N6O3/c1-6(17-4-3-8(12)15-17)10(18)14-7-5-13-16(2)9(7)11(19)20/h3-6H,1-2H3,(H2,12,15)(H,14,18)(H,19,20). The number of carboxylic acids is 1. The molecule has 0 aliphatic rings. The second-order valence-corrected chi connectivity index (χ2v) is 4.22. The van der Waals surface area contributed by atoms with Crippen molar-refractivity contribution in [2.24, 2.45) is 7.05 Å². The summed E-state index contributed by atoms with van der Waals surface area (Å²) in [5.41, 5.74) is 5.53. The molecule has 0 aliphatic heterocycles. The fraction of sp³-hybridized carbons (Fsp3) is 0.273. The Morgan fingerprint density at radius 2 is 2.20 bits per heavy atom. The fourth-order valence-electron chi connectivity index (χ4n) is 1.71. The number of rotatable bonds is 4. The Morgan fingerprint density at radius 3 is 2.75 bits per heavy atom. The fourth-order valence-corrected chi connectivity index (χ4v) is 1.71. The van der Waals surface area contributed by atoms with Gasteiger partial charge < -0.3 is 16.2 Å². The molecule has 1 unspecified atom stereocenters. The highest BCUT2D eigenvalue weighted by atomic mass is 16.4. The number of anilines is 2. The highest BCUT2D eigenvalue weighted by molar-refractivity contribution is 6.00. The van der Waals surface area contributed by atoms with Crippen LogP contribution >= 0.6 is 0 Å². The predicted octanol–water partition coefficient (Wildman–Crippen LogP) is 0.0967. The normalized spacial score (nSPS) is 12.1. The van der Waals surface area contributed by atoms with Crippen molar-refractivity contribution in [1.29, 1.82) is 0 Å². The van der Waals surface area contributed by atoms with Crippen molar-refractivity contribution >= 4 is 23.4 Å². The van der Waals surface area contributed by atoms with Gasteiger partial charge in [-0.05, 0) is 13.0 Å². The van der Waals surface area contributed by atoms with E-state index in [1.54, 1.807) is 19.2 Å². The van der Waals surface area contributed by atoms with Gasteiger partial charge in [-0.15, -0.1) is 0 Å². The molecule has 0 saturated heterocycles. The highest BCUT2D eigenvalue weighted by Gasteiger charge is 2.21. The van der Waals surface area contributed by atoms with E-state index in [-0.39, 0.29) is 11.4 Å². The average molecular weight is 278 g/mol. The number of carboxylic acid groups (broad SMARTS) is 1. The van der Waals surface area contributed by atoms with Crippen LogP contribution in [0.15, 0.2) is 18.5 Å². The summed E-state index contributed by atoms with van der Waals surface area (Å²) in [5, 5.41) is 19.3. The van der Waals surface area contributed by atoms with Crippen LogP contribution in [0.2, 0.25) is 0 Å². The quantitative estimate of drug-likeness (QED) is 0.727. The first-order valence-electron chi connectivity index (χ1n) is 5.77. The topological polar surface area (TPSA) is 128 Å². The number of aromatic carboxylic acids is 1. The van der Waals surface area contributed by atoms with Gasteiger partial charge in [0.05, 0.1) is 11.9 Å². The molecule has 9 nitrogen and oxygen atoms in total. The van der Waals surface area contributed by atoms with Crippen molar-refractivity contribution in [1.82, 2.24) is 19.6 Å². The SMILES string of the molecule is CC(C(=O)Nc1cnn(C)c1C(=O)O)n1ccc(N)n1. The Balaban J connectivity index is 2.18. The highest BCUT2D eigenvalue weighted by Crippen LogP contribution is 2.16. The Bertz CT molecular complexity index is 659. The summed E-state index contributed by atoms with van der Waals surface area (Å²) in [5.74, 6) is -1.28. The molecule has 4 N–H and O–H groups in total. The van der Waals surface area contributed by atoms with E-state index < -0.39 is 17.9 Å². The van der Waals surface area contributed by atoms with Crippen LogP contribution in [0.1, 0.15) is 23.5 Å². The van der Waals surface area contributed by atoms with Crippen LogP contribution in [0.5, 0.6) is 0 Å². The number of nitrogens with zero attached hydrogens (tertiary/aromatic N) is 4. The van der Waals surface area contributed by atoms with Crippen LogP contribution < -0.4 is 11.1 Å². The first kappa shape index (κ1) is 13.6. The molecule has 0 radical (unpaired) electrons. The molecular weight excluding hydrogens is 264 g/mol. The average Bonchev–Trinajstić information content (AvgIpc) is 2.95. The molecule has 0 aliphatic carbocycles. The molecule has 0 bridgehead atoms. The van der Waals surface area contributed by atoms with Gasteiger partial charge in [-0.25, -0.2) is 4.79 Å². The van der Waals surface area contributed by atoms with E-state index in [9.17, 15) is 9.59 Å². The maximum atomic E-state index is 12.1. The van der Waals surface area contributed by atoms with Crippen LogP contribution in [-0.2, 0) is 11.8 Å². The monoisotopic (exact) mass is 278 g/mol. The molecule has 2 aromatic heterocycles. The first-order valence-corrected chi connectivity index (χ1v) is 5.77. The Hall–Kier alpha value is -2.84. The molecule has 0 fully saturated rings. The van der Waals surface area contributed by atoms with Crippen LogP contribution in [0.3, 0.4) is 0 Å². The van der Waals surface area contributed by atoms with Crippen molar-refractivity contribution in [2.45, 2.75) is 13.0 Å². The van der Waals surface area contributed by atoms with Crippen molar-refractivity contribution in [2.75, 3.05) is 11.1 Å². The first-order chi connectivity index (χ1) is 9.40. The number of nitrogen functional groups attached to an aromatic ring is 1. The summed E-state index contributed by atoms with van der Waals surface area (Å²) in [6.45, 7) is 1.62. The minimum absolute atomic E-state index is 0.0921. The molecule has 2 rings (SSSR count). The second kappa shape index (κ2) is 5.03. The Labute approximate surface area is 114 Å². The summed E-state index contributed by atoms with van der Waals surface area (Å²) >= 11 is 0. The molecule has 9 heteroatoms. The van der Waals surface area contributed by atoms with Crippen molar-refractivity contribution in [3.05, 3.63) is 24.2 Å². The van der Waals surface area contributed by atoms with E-state index in [1.165, 1.54) is 22.6 Å². The summed E-state index contributed by atoms with van der Waals surface area (Å²) < 4.78 is 2.57. The third-order valence-corrected chi connectivity index (χ3v) is 2.80. The van der Waals surface area contributed by atoms with Gasteiger partial charge in [0.1, 0.15) is 11.9 Å². The number of hydrogen-bond donors (Lipinski definition) is 3. The largest absolute Gasteiger partial charge is 0.476 e. The van der Waals surface area contributed by atoms with Crippen molar-refractivity contribution < 1.29 is 14.7 Å². The van der Waals surface area contributed by atoms with Crippen LogP contribution in [0.4, 0.5) is 11.5 Å². The number of carbonyl (C=O) groups is 2. The molecule has 1 atom stereocenters. The van der Waals surface area contributed by atoms with Gasteiger partial charge in [0, 0.05) is 13.2 Å². The minimum Gasteiger partial charge on any atom is -0.476 e. The number of nitrogens with one attached hydrogen (secondary N) is 1. The van der Waals surface area contributed by atoms with Crippen LogP contribution in [0, 0.1) is 0 Å². The van der Waals surface area contributed by atoms with Crippen molar-refractivity contribution in [3.63, 3.8) is 0 Å². The van der Waals surface area contributed by atoms with Gasteiger partial charge in [0.25, 0.3) is 0 Å². The zero-order chi connectivity index (χ0) is 14.9. The summed E-state index contributed by atoms with van der Waals surface area (Å²) in [7, 11) is 1.48.